The van der Waals surface area contributed by atoms with Gasteiger partial charge in [-0.2, -0.15) is 0 Å². The summed E-state index contributed by atoms with van der Waals surface area (Å²) >= 11 is 0. The van der Waals surface area contributed by atoms with Crippen molar-refractivity contribution in [1.82, 2.24) is 48.0 Å². The summed E-state index contributed by atoms with van der Waals surface area (Å²) in [5.41, 5.74) is 22.4. The number of hydrogen-bond donors (Lipinski definition) is 3. The standard InChI is InChI=1S/C36H43N5O3.C35H42N6O3/c1-24(19-27-12-14-29(15-13-27)41-33-22-26(3)25(2)21-31(33)38-36(41)43)20-34(42)39-16-7-9-28(23-39)35-37-30-10-5-6-11-32(30)40(35)17-8-18-44-4;1-23-18-30-32(19-24(23)2)41(35(43)38-30)28-13-11-25(12-14-28)20-27(36)21-33(42)39-15-6-8-26(22-39)34-37-29-9-4-5-10-31(29)40(34)16-7-17-44-3/h5-6,10-15,21-22,24,28H,7-9,16-20,23H2,1-4H3,(H,38,43);4-5,9-14,18-19,26-27H,6-8,15-17,20-22,36H2,1-3H3,(H,38,43)/t24-,28-;26-,27-/m11/s1. The number of fused-ring (bicyclic) bond motifs is 4. The third-order valence-corrected chi connectivity index (χ3v) is 18.1. The number of hydrogen-bond acceptors (Lipinski definition) is 9. The average Bonchev–Trinajstić information content (AvgIpc) is 2.20. The van der Waals surface area contributed by atoms with Gasteiger partial charge < -0.3 is 44.1 Å². The molecule has 10 aromatic rings. The van der Waals surface area contributed by atoms with Crippen LogP contribution in [0.3, 0.4) is 0 Å². The van der Waals surface area contributed by atoms with Gasteiger partial charge in [0.05, 0.1) is 55.5 Å². The molecule has 2 aliphatic rings. The monoisotopic (exact) mass is 1190 g/mol. The molecule has 2 amide bonds. The number of amides is 2. The molecule has 4 atom stereocenters. The normalized spacial score (nSPS) is 16.2. The number of nitrogens with one attached hydrogen (secondary N) is 2. The third-order valence-electron chi connectivity index (χ3n) is 18.1. The van der Waals surface area contributed by atoms with E-state index in [4.69, 9.17) is 25.2 Å². The van der Waals surface area contributed by atoms with Crippen LogP contribution in [0.4, 0.5) is 0 Å². The van der Waals surface area contributed by atoms with E-state index in [2.05, 4.69) is 99.4 Å². The summed E-state index contributed by atoms with van der Waals surface area (Å²) in [4.78, 5) is 72.5. The number of aryl methyl sites for hydroxylation is 6. The van der Waals surface area contributed by atoms with Crippen LogP contribution in [0.15, 0.2) is 131 Å². The van der Waals surface area contributed by atoms with Crippen molar-refractivity contribution in [1.29, 1.82) is 0 Å². The molecule has 17 nitrogen and oxygen atoms in total. The summed E-state index contributed by atoms with van der Waals surface area (Å²) in [6, 6.07) is 40.5. The zero-order chi connectivity index (χ0) is 61.6. The highest BCUT2D eigenvalue weighted by Gasteiger charge is 2.31. The number of aromatic nitrogens is 8. The number of para-hydroxylation sites is 4. The fraction of sp³-hybridized carbons (Fsp3) is 0.408. The molecule has 0 radical (unpaired) electrons. The highest BCUT2D eigenvalue weighted by molar-refractivity contribution is 5.82. The Morgan fingerprint density at radius 1 is 0.568 bits per heavy atom. The van der Waals surface area contributed by atoms with Crippen molar-refractivity contribution in [2.45, 2.75) is 130 Å². The summed E-state index contributed by atoms with van der Waals surface area (Å²) in [6.07, 6.45) is 8.01. The minimum atomic E-state index is -0.297. The lowest BCUT2D eigenvalue weighted by Gasteiger charge is -2.33. The minimum absolute atomic E-state index is 0.0943. The molecule has 0 aliphatic carbocycles. The molecule has 0 bridgehead atoms. The number of rotatable bonds is 20. The van der Waals surface area contributed by atoms with Crippen LogP contribution >= 0.6 is 0 Å². The van der Waals surface area contributed by atoms with E-state index >= 15 is 0 Å². The molecule has 17 heteroatoms. The van der Waals surface area contributed by atoms with Gasteiger partial charge in [0.2, 0.25) is 11.8 Å². The molecular weight excluding hydrogens is 1100 g/mol. The van der Waals surface area contributed by atoms with Gasteiger partial charge in [-0.25, -0.2) is 19.6 Å². The largest absolute Gasteiger partial charge is 0.385 e. The van der Waals surface area contributed by atoms with Crippen molar-refractivity contribution < 1.29 is 19.1 Å². The summed E-state index contributed by atoms with van der Waals surface area (Å²) in [5.74, 6) is 3.08. The Bertz CT molecular complexity index is 3930. The molecule has 460 valence electrons. The van der Waals surface area contributed by atoms with Crippen LogP contribution in [0.1, 0.15) is 115 Å². The number of carbonyl (C=O) groups excluding carboxylic acids is 2. The van der Waals surface area contributed by atoms with Crippen molar-refractivity contribution >= 4 is 55.9 Å². The van der Waals surface area contributed by atoms with E-state index in [1.54, 1.807) is 23.4 Å². The van der Waals surface area contributed by atoms with Crippen molar-refractivity contribution in [3.63, 3.8) is 0 Å². The van der Waals surface area contributed by atoms with Gasteiger partial charge in [0.1, 0.15) is 11.6 Å². The number of nitrogens with zero attached hydrogens (tertiary/aromatic N) is 8. The first-order valence-corrected chi connectivity index (χ1v) is 31.5. The van der Waals surface area contributed by atoms with Crippen molar-refractivity contribution in [2.75, 3.05) is 53.6 Å². The van der Waals surface area contributed by atoms with Gasteiger partial charge in [0.15, 0.2) is 0 Å². The highest BCUT2D eigenvalue weighted by atomic mass is 16.5. The van der Waals surface area contributed by atoms with E-state index in [9.17, 15) is 19.2 Å². The molecule has 88 heavy (non-hydrogen) atoms. The Kier molecular flexibility index (Phi) is 19.0. The van der Waals surface area contributed by atoms with Gasteiger partial charge in [-0.1, -0.05) is 55.5 Å². The zero-order valence-electron chi connectivity index (χ0n) is 52.2. The maximum atomic E-state index is 13.5. The molecule has 4 aromatic heterocycles. The molecule has 6 aromatic carbocycles. The van der Waals surface area contributed by atoms with Gasteiger partial charge >= 0.3 is 11.4 Å². The molecule has 12 rings (SSSR count). The van der Waals surface area contributed by atoms with Crippen molar-refractivity contribution in [2.24, 2.45) is 11.7 Å². The van der Waals surface area contributed by atoms with Gasteiger partial charge in [0, 0.05) is 97.4 Å². The number of benzene rings is 6. The molecular formula is C71H85N11O6. The number of aromatic amines is 2. The molecule has 6 heterocycles. The minimum Gasteiger partial charge on any atom is -0.385 e. The van der Waals surface area contributed by atoms with Crippen LogP contribution in [-0.2, 0) is 45.0 Å². The second-order valence-electron chi connectivity index (χ2n) is 24.7. The molecule has 2 saturated heterocycles. The van der Waals surface area contributed by atoms with Gasteiger partial charge in [-0.05, 0) is 191 Å². The molecule has 2 aliphatic heterocycles. The molecule has 4 N–H and O–H groups in total. The number of likely N-dealkylation sites (tertiary alicyclic amines) is 2. The lowest BCUT2D eigenvalue weighted by atomic mass is 9.94. The van der Waals surface area contributed by atoms with Crippen LogP contribution in [0.25, 0.3) is 55.5 Å². The number of H-pyrrole nitrogens is 2. The van der Waals surface area contributed by atoms with E-state index in [1.807, 2.05) is 85.5 Å². The number of carbonyl (C=O) groups is 2. The third kappa shape index (κ3) is 13.5. The fourth-order valence-electron chi connectivity index (χ4n) is 13.3. The van der Waals surface area contributed by atoms with Crippen LogP contribution in [0.5, 0.6) is 0 Å². The zero-order valence-corrected chi connectivity index (χ0v) is 52.2. The first-order valence-electron chi connectivity index (χ1n) is 31.5. The van der Waals surface area contributed by atoms with Crippen LogP contribution in [-0.4, -0.2) is 119 Å². The maximum Gasteiger partial charge on any atom is 0.331 e. The Morgan fingerprint density at radius 2 is 0.989 bits per heavy atom. The Labute approximate surface area is 514 Å². The van der Waals surface area contributed by atoms with Crippen molar-refractivity contribution in [3.05, 3.63) is 187 Å². The SMILES string of the molecule is COCCCn1c([C@@H]2CCCN(C(=O)C[C@H](C)Cc3ccc(-n4c(=O)[nH]c5cc(C)c(C)cc54)cc3)C2)nc2ccccc21.COCCCn1c([C@@H]2CCCN(C(=O)C[C@H](N)Cc3ccc(-n4c(=O)[nH]c5cc(C)c(C)cc54)cc3)C2)nc2ccccc21. The highest BCUT2D eigenvalue weighted by Crippen LogP contribution is 2.33. The lowest BCUT2D eigenvalue weighted by molar-refractivity contribution is -0.133. The number of methoxy groups -OCH3 is 2. The van der Waals surface area contributed by atoms with Crippen LogP contribution < -0.4 is 17.1 Å². The fourth-order valence-corrected chi connectivity index (χ4v) is 13.3. The summed E-state index contributed by atoms with van der Waals surface area (Å²) in [7, 11) is 3.47. The quantitative estimate of drug-likeness (QED) is 0.0622. The Morgan fingerprint density at radius 3 is 1.44 bits per heavy atom. The van der Waals surface area contributed by atoms with E-state index in [0.29, 0.717) is 45.6 Å². The predicted octanol–water partition coefficient (Wildman–Crippen LogP) is 11.3. The van der Waals surface area contributed by atoms with Gasteiger partial charge in [0.25, 0.3) is 0 Å². The van der Waals surface area contributed by atoms with Crippen LogP contribution in [0, 0.1) is 33.6 Å². The number of nitrogens with two attached hydrogens (primary N) is 1. The van der Waals surface area contributed by atoms with E-state index in [0.717, 1.165) is 172 Å². The van der Waals surface area contributed by atoms with Gasteiger partial charge in [-0.15, -0.1) is 0 Å². The summed E-state index contributed by atoms with van der Waals surface area (Å²) < 4.78 is 18.7. The Hall–Kier alpha value is -8.38. The molecule has 0 saturated carbocycles. The Balaban J connectivity index is 0.000000182. The second-order valence-corrected chi connectivity index (χ2v) is 24.7. The second kappa shape index (κ2) is 27.3. The first kappa shape index (κ1) is 61.3. The first-order chi connectivity index (χ1) is 42.6. The van der Waals surface area contributed by atoms with Crippen molar-refractivity contribution in [3.8, 4) is 11.4 Å². The number of piperidine rings is 2. The summed E-state index contributed by atoms with van der Waals surface area (Å²) in [6.45, 7) is 16.4. The maximum absolute atomic E-state index is 13.5. The molecule has 0 spiro atoms. The summed E-state index contributed by atoms with van der Waals surface area (Å²) in [5, 5.41) is 0. The topological polar surface area (TPSA) is 196 Å². The average molecular weight is 1190 g/mol. The predicted molar refractivity (Wildman–Crippen MR) is 350 cm³/mol. The van der Waals surface area contributed by atoms with E-state index < -0.39 is 0 Å². The molecule has 0 unspecified atom stereocenters. The molecule has 2 fully saturated rings. The lowest BCUT2D eigenvalue weighted by Crippen LogP contribution is -2.42. The van der Waals surface area contributed by atoms with E-state index in [1.165, 1.54) is 0 Å². The van der Waals surface area contributed by atoms with E-state index in [-0.39, 0.29) is 47.0 Å². The smallest absolute Gasteiger partial charge is 0.331 e. The van der Waals surface area contributed by atoms with Gasteiger partial charge in [-0.3, -0.25) is 18.7 Å². The number of imidazole rings is 4. The number of ether oxygens (including phenoxy) is 2. The van der Waals surface area contributed by atoms with Crippen LogP contribution in [0.2, 0.25) is 0 Å².